The molecule has 3 nitrogen and oxygen atoms in total. The average Bonchev–Trinajstić information content (AvgIpc) is 1.83. The Morgan fingerprint density at radius 3 is 2.33 bits per heavy atom. The summed E-state index contributed by atoms with van der Waals surface area (Å²) in [4.78, 5) is 13.0. The van der Waals surface area contributed by atoms with E-state index in [1.54, 1.807) is 0 Å². The topological polar surface area (TPSA) is 23.6 Å². The fourth-order valence-corrected chi connectivity index (χ4v) is 0.368. The first-order valence-electron chi connectivity index (χ1n) is 2.78. The lowest BCUT2D eigenvalue weighted by molar-refractivity contribution is -0.114. The summed E-state index contributed by atoms with van der Waals surface area (Å²) in [6.07, 6.45) is 0.615. The van der Waals surface area contributed by atoms with Gasteiger partial charge in [-0.3, -0.25) is 4.79 Å². The number of carbonyl (C=O) groups is 1. The summed E-state index contributed by atoms with van der Waals surface area (Å²) < 4.78 is 0. The maximum atomic E-state index is 9.90. The maximum Gasteiger partial charge on any atom is 0.230 e. The van der Waals surface area contributed by atoms with E-state index in [2.05, 4.69) is 0 Å². The zero-order valence-electron chi connectivity index (χ0n) is 5.87. The molecule has 0 heterocycles. The molecule has 0 spiro atoms. The van der Waals surface area contributed by atoms with E-state index in [1.807, 2.05) is 19.0 Å². The zero-order valence-corrected chi connectivity index (χ0v) is 5.87. The molecule has 50 valence electrons. The van der Waals surface area contributed by atoms with Crippen molar-refractivity contribution in [2.45, 2.75) is 0 Å². The molecule has 0 rings (SSSR count). The first-order chi connectivity index (χ1) is 4.16. The Hall–Kier alpha value is -0.505. The van der Waals surface area contributed by atoms with Crippen molar-refractivity contribution in [1.82, 2.24) is 9.71 Å². The highest BCUT2D eigenvalue weighted by molar-refractivity contribution is 6.10. The van der Waals surface area contributed by atoms with Gasteiger partial charge in [0.15, 0.2) is 6.41 Å². The van der Waals surface area contributed by atoms with Crippen LogP contribution in [0.15, 0.2) is 0 Å². The zero-order chi connectivity index (χ0) is 7.28. The minimum Gasteiger partial charge on any atom is -0.398 e. The molecule has 0 atom stereocenters. The Labute approximate surface area is 57.1 Å². The molecule has 9 heavy (non-hydrogen) atoms. The van der Waals surface area contributed by atoms with Crippen LogP contribution < -0.4 is 0 Å². The first-order valence-corrected chi connectivity index (χ1v) is 2.78. The molecule has 0 aromatic heterocycles. The second kappa shape index (κ2) is 4.38. The standard InChI is InChI=1S/C5H11BN2O/c1-7(2)3-4-8(6)5-9/h5H,3-4H2,1-2H3. The van der Waals surface area contributed by atoms with Crippen LogP contribution in [0.2, 0.25) is 0 Å². The van der Waals surface area contributed by atoms with Gasteiger partial charge in [-0.25, -0.2) is 0 Å². The van der Waals surface area contributed by atoms with Gasteiger partial charge in [0.2, 0.25) is 7.98 Å². The van der Waals surface area contributed by atoms with Gasteiger partial charge >= 0.3 is 0 Å². The van der Waals surface area contributed by atoms with Crippen molar-refractivity contribution in [3.8, 4) is 0 Å². The van der Waals surface area contributed by atoms with E-state index >= 15 is 0 Å². The van der Waals surface area contributed by atoms with Crippen LogP contribution in [-0.2, 0) is 4.79 Å². The van der Waals surface area contributed by atoms with Gasteiger partial charge in [0.05, 0.1) is 0 Å². The van der Waals surface area contributed by atoms with Crippen molar-refractivity contribution in [2.24, 2.45) is 0 Å². The Kier molecular flexibility index (Phi) is 4.14. The second-order valence-electron chi connectivity index (χ2n) is 2.15. The van der Waals surface area contributed by atoms with Crippen LogP contribution in [0.1, 0.15) is 0 Å². The fourth-order valence-electron chi connectivity index (χ4n) is 0.368. The lowest BCUT2D eigenvalue weighted by Gasteiger charge is -2.14. The molecule has 0 N–H and O–H groups in total. The summed E-state index contributed by atoms with van der Waals surface area (Å²) in [5.41, 5.74) is 0. The van der Waals surface area contributed by atoms with E-state index in [0.717, 1.165) is 11.4 Å². The van der Waals surface area contributed by atoms with E-state index in [1.165, 1.54) is 0 Å². The lowest BCUT2D eigenvalue weighted by atomic mass is 10.3. The molecule has 2 radical (unpaired) electrons. The van der Waals surface area contributed by atoms with Crippen LogP contribution in [0.25, 0.3) is 0 Å². The number of hydrogen-bond donors (Lipinski definition) is 0. The van der Waals surface area contributed by atoms with Crippen LogP contribution in [-0.4, -0.2) is 51.3 Å². The molecule has 0 unspecified atom stereocenters. The maximum absolute atomic E-state index is 9.90. The highest BCUT2D eigenvalue weighted by Crippen LogP contribution is 1.76. The quantitative estimate of drug-likeness (QED) is 0.359. The summed E-state index contributed by atoms with van der Waals surface area (Å²) >= 11 is 0. The molecule has 0 aromatic rings. The van der Waals surface area contributed by atoms with Gasteiger partial charge in [-0.05, 0) is 14.1 Å². The van der Waals surface area contributed by atoms with Crippen molar-refractivity contribution >= 4 is 14.4 Å². The van der Waals surface area contributed by atoms with Crippen molar-refractivity contribution < 1.29 is 4.79 Å². The number of hydrogen-bond acceptors (Lipinski definition) is 2. The molecule has 0 aliphatic heterocycles. The minimum atomic E-state index is 0.580. The second-order valence-corrected chi connectivity index (χ2v) is 2.15. The third-order valence-electron chi connectivity index (χ3n) is 0.941. The lowest BCUT2D eigenvalue weighted by Crippen LogP contribution is -2.28. The van der Waals surface area contributed by atoms with E-state index in [4.69, 9.17) is 7.98 Å². The van der Waals surface area contributed by atoms with Gasteiger partial charge in [-0.15, -0.1) is 0 Å². The predicted octanol–water partition coefficient (Wildman–Crippen LogP) is -0.910. The average molecular weight is 126 g/mol. The van der Waals surface area contributed by atoms with Crippen molar-refractivity contribution in [3.05, 3.63) is 0 Å². The molecule has 0 aliphatic rings. The van der Waals surface area contributed by atoms with Crippen molar-refractivity contribution in [2.75, 3.05) is 27.2 Å². The molecule has 0 aliphatic carbocycles. The molecule has 0 bridgehead atoms. The summed E-state index contributed by atoms with van der Waals surface area (Å²) in [5.74, 6) is 0. The van der Waals surface area contributed by atoms with Crippen LogP contribution in [0.3, 0.4) is 0 Å². The van der Waals surface area contributed by atoms with Crippen LogP contribution in [0.5, 0.6) is 0 Å². The third kappa shape index (κ3) is 5.36. The fraction of sp³-hybridized carbons (Fsp3) is 0.800. The monoisotopic (exact) mass is 126 g/mol. The van der Waals surface area contributed by atoms with E-state index in [9.17, 15) is 4.79 Å². The molecular weight excluding hydrogens is 115 g/mol. The van der Waals surface area contributed by atoms with E-state index in [-0.39, 0.29) is 0 Å². The number of likely N-dealkylation sites (N-methyl/N-ethyl adjacent to an activating group) is 1. The molecule has 0 aromatic carbocycles. The molecule has 0 fully saturated rings. The molecule has 4 heteroatoms. The van der Waals surface area contributed by atoms with Gasteiger partial charge in [0.1, 0.15) is 0 Å². The number of amides is 1. The van der Waals surface area contributed by atoms with Gasteiger partial charge in [-0.2, -0.15) is 0 Å². The number of nitrogens with zero attached hydrogens (tertiary/aromatic N) is 2. The van der Waals surface area contributed by atoms with Gasteiger partial charge in [0, 0.05) is 13.1 Å². The Balaban J connectivity index is 3.16. The van der Waals surface area contributed by atoms with Gasteiger partial charge < -0.3 is 9.71 Å². The minimum absolute atomic E-state index is 0.580. The Morgan fingerprint density at radius 2 is 2.00 bits per heavy atom. The Bertz CT molecular complexity index is 87.0. The van der Waals surface area contributed by atoms with Crippen LogP contribution in [0, 0.1) is 0 Å². The molecular formula is C5H11BN2O. The van der Waals surface area contributed by atoms with Gasteiger partial charge in [-0.1, -0.05) is 0 Å². The summed E-state index contributed by atoms with van der Waals surface area (Å²) in [6, 6.07) is 0. The first kappa shape index (κ1) is 8.49. The van der Waals surface area contributed by atoms with Gasteiger partial charge in [0.25, 0.3) is 0 Å². The molecule has 0 saturated carbocycles. The smallest absolute Gasteiger partial charge is 0.230 e. The van der Waals surface area contributed by atoms with Crippen molar-refractivity contribution in [3.63, 3.8) is 0 Å². The third-order valence-corrected chi connectivity index (χ3v) is 0.941. The van der Waals surface area contributed by atoms with Crippen molar-refractivity contribution in [1.29, 1.82) is 0 Å². The van der Waals surface area contributed by atoms with E-state index in [0.29, 0.717) is 13.0 Å². The number of rotatable bonds is 4. The highest BCUT2D eigenvalue weighted by Gasteiger charge is 1.92. The van der Waals surface area contributed by atoms with Crippen LogP contribution >= 0.6 is 0 Å². The summed E-state index contributed by atoms with van der Waals surface area (Å²) in [7, 11) is 9.02. The highest BCUT2D eigenvalue weighted by atomic mass is 16.1. The molecule has 1 amide bonds. The normalized spacial score (nSPS) is 9.67. The predicted molar refractivity (Wildman–Crippen MR) is 37.1 cm³/mol. The van der Waals surface area contributed by atoms with E-state index < -0.39 is 0 Å². The molecule has 0 saturated heterocycles. The summed E-state index contributed by atoms with van der Waals surface area (Å²) in [5, 5.41) is 0. The van der Waals surface area contributed by atoms with Crippen LogP contribution in [0.4, 0.5) is 0 Å². The summed E-state index contributed by atoms with van der Waals surface area (Å²) in [6.45, 7) is 1.38. The SMILES string of the molecule is [B]N(C=O)CCN(C)C. The number of carbonyl (C=O) groups excluding carboxylic acids is 1. The Morgan fingerprint density at radius 1 is 1.44 bits per heavy atom. The largest absolute Gasteiger partial charge is 0.398 e.